The fourth-order valence-electron chi connectivity index (χ4n) is 1.60. The van der Waals surface area contributed by atoms with Crippen LogP contribution in [0.4, 0.5) is 10.1 Å². The van der Waals surface area contributed by atoms with E-state index in [1.807, 2.05) is 0 Å². The van der Waals surface area contributed by atoms with Gasteiger partial charge in [0, 0.05) is 4.88 Å². The van der Waals surface area contributed by atoms with Crippen molar-refractivity contribution in [3.05, 3.63) is 39.5 Å². The third-order valence-corrected chi connectivity index (χ3v) is 4.20. The van der Waals surface area contributed by atoms with Crippen LogP contribution < -0.4 is 5.73 Å². The molecule has 2 aromatic rings. The number of nitrogen functional groups attached to an aromatic ring is 1. The highest BCUT2D eigenvalue weighted by atomic mass is 35.5. The molecule has 0 aliphatic carbocycles. The number of rotatable bonds is 2. The second-order valence-corrected chi connectivity index (χ2v) is 5.16. The first-order valence-electron chi connectivity index (χ1n) is 4.99. The van der Waals surface area contributed by atoms with Crippen LogP contribution >= 0.6 is 22.9 Å². The molecule has 3 nitrogen and oxygen atoms in total. The van der Waals surface area contributed by atoms with Gasteiger partial charge < -0.3 is 10.8 Å². The Morgan fingerprint density at radius 1 is 1.50 bits per heavy atom. The summed E-state index contributed by atoms with van der Waals surface area (Å²) >= 11 is 6.76. The molecule has 18 heavy (non-hydrogen) atoms. The maximum atomic E-state index is 13.1. The number of carboxylic acids is 1. The number of carbonyl (C=O) groups is 1. The van der Waals surface area contributed by atoms with Crippen LogP contribution in [0.1, 0.15) is 15.2 Å². The maximum Gasteiger partial charge on any atom is 0.348 e. The van der Waals surface area contributed by atoms with Crippen LogP contribution in [0, 0.1) is 12.7 Å². The number of hydrogen-bond donors (Lipinski definition) is 2. The second kappa shape index (κ2) is 4.59. The quantitative estimate of drug-likeness (QED) is 0.882. The van der Waals surface area contributed by atoms with Crippen molar-refractivity contribution in [1.29, 1.82) is 0 Å². The molecule has 2 rings (SSSR count). The third-order valence-electron chi connectivity index (χ3n) is 2.57. The van der Waals surface area contributed by atoms with Crippen LogP contribution in [-0.4, -0.2) is 11.1 Å². The lowest BCUT2D eigenvalue weighted by molar-refractivity contribution is 0.0703. The molecule has 3 N–H and O–H groups in total. The molecule has 0 amide bonds. The second-order valence-electron chi connectivity index (χ2n) is 3.73. The molecule has 94 valence electrons. The van der Waals surface area contributed by atoms with Gasteiger partial charge in [0.15, 0.2) is 0 Å². The molecule has 0 fully saturated rings. The number of benzene rings is 1. The lowest BCUT2D eigenvalue weighted by Crippen LogP contribution is -1.97. The van der Waals surface area contributed by atoms with Gasteiger partial charge in [-0.15, -0.1) is 11.3 Å². The minimum absolute atomic E-state index is 0.00394. The van der Waals surface area contributed by atoms with Crippen LogP contribution in [0.2, 0.25) is 5.02 Å². The number of anilines is 1. The van der Waals surface area contributed by atoms with Crippen molar-refractivity contribution in [3.63, 3.8) is 0 Å². The number of carboxylic acid groups (broad SMARTS) is 1. The molecule has 1 aromatic carbocycles. The molecule has 0 aliphatic rings. The monoisotopic (exact) mass is 285 g/mol. The van der Waals surface area contributed by atoms with Crippen molar-refractivity contribution >= 4 is 34.6 Å². The smallest absolute Gasteiger partial charge is 0.348 e. The highest BCUT2D eigenvalue weighted by Crippen LogP contribution is 2.39. The van der Waals surface area contributed by atoms with Crippen LogP contribution in [-0.2, 0) is 0 Å². The summed E-state index contributed by atoms with van der Waals surface area (Å²) in [6.45, 7) is 1.73. The van der Waals surface area contributed by atoms with E-state index < -0.39 is 11.8 Å². The van der Waals surface area contributed by atoms with Gasteiger partial charge in [-0.05, 0) is 30.2 Å². The van der Waals surface area contributed by atoms with E-state index in [1.54, 1.807) is 13.0 Å². The van der Waals surface area contributed by atoms with Gasteiger partial charge in [0.05, 0.1) is 10.7 Å². The molecule has 1 heterocycles. The summed E-state index contributed by atoms with van der Waals surface area (Å²) in [6.07, 6.45) is 0. The van der Waals surface area contributed by atoms with Crippen molar-refractivity contribution in [1.82, 2.24) is 0 Å². The molecular formula is C12H9ClFNO2S. The molecule has 0 saturated carbocycles. The van der Waals surface area contributed by atoms with E-state index in [9.17, 15) is 9.18 Å². The van der Waals surface area contributed by atoms with E-state index >= 15 is 0 Å². The van der Waals surface area contributed by atoms with Gasteiger partial charge in [0.1, 0.15) is 10.7 Å². The molecule has 0 atom stereocenters. The zero-order chi connectivity index (χ0) is 13.4. The van der Waals surface area contributed by atoms with E-state index in [0.29, 0.717) is 16.0 Å². The molecule has 0 aliphatic heterocycles. The first kappa shape index (κ1) is 12.9. The van der Waals surface area contributed by atoms with Crippen molar-refractivity contribution < 1.29 is 14.3 Å². The minimum atomic E-state index is -1.07. The minimum Gasteiger partial charge on any atom is -0.477 e. The lowest BCUT2D eigenvalue weighted by atomic mass is 10.1. The fourth-order valence-corrected chi connectivity index (χ4v) is 2.84. The van der Waals surface area contributed by atoms with Crippen LogP contribution in [0.15, 0.2) is 18.2 Å². The Hall–Kier alpha value is -1.59. The molecule has 0 radical (unpaired) electrons. The summed E-state index contributed by atoms with van der Waals surface area (Å²) in [4.78, 5) is 11.8. The largest absolute Gasteiger partial charge is 0.477 e. The van der Waals surface area contributed by atoms with Crippen molar-refractivity contribution in [2.75, 3.05) is 5.73 Å². The molecule has 6 heteroatoms. The van der Waals surface area contributed by atoms with Gasteiger partial charge in [0.25, 0.3) is 0 Å². The van der Waals surface area contributed by atoms with Gasteiger partial charge >= 0.3 is 5.97 Å². The summed E-state index contributed by atoms with van der Waals surface area (Å²) in [6, 6.07) is 4.25. The van der Waals surface area contributed by atoms with Crippen LogP contribution in [0.3, 0.4) is 0 Å². The fraction of sp³-hybridized carbons (Fsp3) is 0.0833. The first-order chi connectivity index (χ1) is 8.41. The van der Waals surface area contributed by atoms with Crippen molar-refractivity contribution in [2.24, 2.45) is 0 Å². The van der Waals surface area contributed by atoms with Gasteiger partial charge in [-0.25, -0.2) is 9.18 Å². The molecular weight excluding hydrogens is 277 g/mol. The summed E-state index contributed by atoms with van der Waals surface area (Å²) in [5, 5.41) is 8.99. The standard InChI is InChI=1S/C12H9ClFNO2S/c1-5-9(15)11(12(16)17)18-10(5)6-2-3-8(14)7(13)4-6/h2-4H,15H2,1H3,(H,16,17). The zero-order valence-electron chi connectivity index (χ0n) is 9.33. The van der Waals surface area contributed by atoms with E-state index in [4.69, 9.17) is 22.4 Å². The predicted octanol–water partition coefficient (Wildman–Crippen LogP) is 3.80. The summed E-state index contributed by atoms with van der Waals surface area (Å²) in [5.74, 6) is -1.58. The van der Waals surface area contributed by atoms with E-state index in [2.05, 4.69) is 0 Å². The predicted molar refractivity (Wildman–Crippen MR) is 70.8 cm³/mol. The van der Waals surface area contributed by atoms with Crippen LogP contribution in [0.25, 0.3) is 10.4 Å². The molecule has 0 unspecified atom stereocenters. The summed E-state index contributed by atoms with van der Waals surface area (Å²) in [5.41, 5.74) is 7.29. The van der Waals surface area contributed by atoms with E-state index in [1.165, 1.54) is 12.1 Å². The van der Waals surface area contributed by atoms with Crippen molar-refractivity contribution in [2.45, 2.75) is 6.92 Å². The normalized spacial score (nSPS) is 10.6. The van der Waals surface area contributed by atoms with E-state index in [0.717, 1.165) is 11.3 Å². The van der Waals surface area contributed by atoms with Gasteiger partial charge in [-0.2, -0.15) is 0 Å². The highest BCUT2D eigenvalue weighted by molar-refractivity contribution is 7.18. The average molecular weight is 286 g/mol. The lowest BCUT2D eigenvalue weighted by Gasteiger charge is -2.01. The Bertz CT molecular complexity index is 639. The van der Waals surface area contributed by atoms with Gasteiger partial charge in [-0.3, -0.25) is 0 Å². The topological polar surface area (TPSA) is 63.3 Å². The molecule has 0 saturated heterocycles. The third kappa shape index (κ3) is 2.07. The average Bonchev–Trinajstić information content (AvgIpc) is 2.60. The SMILES string of the molecule is Cc1c(-c2ccc(F)c(Cl)c2)sc(C(=O)O)c1N. The molecule has 1 aromatic heterocycles. The number of aromatic carboxylic acids is 1. The molecule has 0 bridgehead atoms. The Morgan fingerprint density at radius 3 is 2.67 bits per heavy atom. The number of thiophene rings is 1. The van der Waals surface area contributed by atoms with Crippen molar-refractivity contribution in [3.8, 4) is 10.4 Å². The Kier molecular flexibility index (Phi) is 3.28. The summed E-state index contributed by atoms with van der Waals surface area (Å²) in [7, 11) is 0. The Balaban J connectivity index is 2.61. The van der Waals surface area contributed by atoms with E-state index in [-0.39, 0.29) is 15.6 Å². The number of nitrogens with two attached hydrogens (primary N) is 1. The summed E-state index contributed by atoms with van der Waals surface area (Å²) < 4.78 is 13.1. The van der Waals surface area contributed by atoms with Gasteiger partial charge in [0.2, 0.25) is 0 Å². The van der Waals surface area contributed by atoms with Crippen LogP contribution in [0.5, 0.6) is 0 Å². The Morgan fingerprint density at radius 2 is 2.17 bits per heavy atom. The highest BCUT2D eigenvalue weighted by Gasteiger charge is 2.19. The zero-order valence-corrected chi connectivity index (χ0v) is 10.9. The molecule has 0 spiro atoms. The number of halogens is 2. The Labute approximate surface area is 112 Å². The number of hydrogen-bond acceptors (Lipinski definition) is 3. The maximum absolute atomic E-state index is 13.1. The first-order valence-corrected chi connectivity index (χ1v) is 6.19. The van der Waals surface area contributed by atoms with Gasteiger partial charge in [-0.1, -0.05) is 17.7 Å².